The summed E-state index contributed by atoms with van der Waals surface area (Å²) >= 11 is 0. The zero-order valence-corrected chi connectivity index (χ0v) is 21.7. The first kappa shape index (κ1) is 24.8. The van der Waals surface area contributed by atoms with Gasteiger partial charge in [0.1, 0.15) is 0 Å². The summed E-state index contributed by atoms with van der Waals surface area (Å²) in [5.74, 6) is -0.137. The predicted molar refractivity (Wildman–Crippen MR) is 145 cm³/mol. The molecule has 2 aromatic carbocycles. The average molecular weight is 516 g/mol. The minimum atomic E-state index is -0.167. The van der Waals surface area contributed by atoms with E-state index in [1.54, 1.807) is 6.20 Å². The highest BCUT2D eigenvalue weighted by Crippen LogP contribution is 2.30. The average Bonchev–Trinajstić information content (AvgIpc) is 3.39. The van der Waals surface area contributed by atoms with Crippen LogP contribution in [0.25, 0.3) is 21.8 Å². The Bertz CT molecular complexity index is 1530. The van der Waals surface area contributed by atoms with Crippen molar-refractivity contribution in [2.24, 2.45) is 0 Å². The normalized spacial score (nSPS) is 17.3. The van der Waals surface area contributed by atoms with Crippen molar-refractivity contribution in [1.82, 2.24) is 25.0 Å². The topological polar surface area (TPSA) is 101 Å². The van der Waals surface area contributed by atoms with E-state index in [-0.39, 0.29) is 17.5 Å². The van der Waals surface area contributed by atoms with Crippen molar-refractivity contribution in [3.63, 3.8) is 0 Å². The van der Waals surface area contributed by atoms with Gasteiger partial charge in [-0.2, -0.15) is 5.10 Å². The van der Waals surface area contributed by atoms with Crippen molar-refractivity contribution in [1.29, 1.82) is 0 Å². The number of fused-ring (bicyclic) bond motifs is 3. The van der Waals surface area contributed by atoms with Gasteiger partial charge < -0.3 is 19.8 Å². The van der Waals surface area contributed by atoms with Crippen molar-refractivity contribution >= 4 is 27.7 Å². The molecule has 2 aliphatic heterocycles. The summed E-state index contributed by atoms with van der Waals surface area (Å²) in [5, 5.41) is 9.09. The number of nitrogens with zero attached hydrogens (tertiary/aromatic N) is 3. The Hall–Kier alpha value is -3.53. The SMILES string of the molecule is Cc1cc2[nH]c(=O)c3cnn(C4CCOCC4)c3c2cc1C(=O)NCc1ccccc1CN1CCOCC1. The fourth-order valence-corrected chi connectivity index (χ4v) is 5.60. The van der Waals surface area contributed by atoms with Gasteiger partial charge in [-0.15, -0.1) is 0 Å². The Kier molecular flexibility index (Phi) is 6.97. The highest BCUT2D eigenvalue weighted by Gasteiger charge is 2.22. The van der Waals surface area contributed by atoms with Crippen molar-refractivity contribution < 1.29 is 14.3 Å². The number of nitrogens with one attached hydrogen (secondary N) is 2. The summed E-state index contributed by atoms with van der Waals surface area (Å²) in [6.07, 6.45) is 3.32. The smallest absolute Gasteiger partial charge is 0.259 e. The van der Waals surface area contributed by atoms with E-state index in [1.165, 1.54) is 5.56 Å². The highest BCUT2D eigenvalue weighted by atomic mass is 16.5. The molecule has 2 N–H and O–H groups in total. The molecule has 2 saturated heterocycles. The van der Waals surface area contributed by atoms with E-state index in [4.69, 9.17) is 9.47 Å². The number of H-pyrrole nitrogens is 1. The molecule has 0 saturated carbocycles. The number of ether oxygens (including phenoxy) is 2. The number of rotatable bonds is 6. The Labute approximate surface area is 220 Å². The fourth-order valence-electron chi connectivity index (χ4n) is 5.60. The summed E-state index contributed by atoms with van der Waals surface area (Å²) in [6, 6.07) is 12.2. The quantitative estimate of drug-likeness (QED) is 0.409. The zero-order valence-electron chi connectivity index (χ0n) is 21.7. The number of benzene rings is 2. The van der Waals surface area contributed by atoms with Crippen LogP contribution in [0.4, 0.5) is 0 Å². The number of carbonyl (C=O) groups is 1. The molecular formula is C29H33N5O4. The molecule has 2 aliphatic rings. The Morgan fingerprint density at radius 3 is 2.58 bits per heavy atom. The van der Waals surface area contributed by atoms with Gasteiger partial charge in [0.2, 0.25) is 0 Å². The second-order valence-corrected chi connectivity index (χ2v) is 10.2. The Morgan fingerprint density at radius 1 is 1.05 bits per heavy atom. The summed E-state index contributed by atoms with van der Waals surface area (Å²) in [4.78, 5) is 31.7. The Balaban J connectivity index is 1.29. The van der Waals surface area contributed by atoms with Gasteiger partial charge in [-0.25, -0.2) is 0 Å². The van der Waals surface area contributed by atoms with Crippen LogP contribution in [0, 0.1) is 6.92 Å². The molecule has 2 fully saturated rings. The molecule has 4 aromatic rings. The molecule has 0 bridgehead atoms. The maximum absolute atomic E-state index is 13.5. The van der Waals surface area contributed by atoms with Crippen LogP contribution in [-0.2, 0) is 22.6 Å². The zero-order chi connectivity index (χ0) is 26.1. The van der Waals surface area contributed by atoms with E-state index in [9.17, 15) is 9.59 Å². The molecule has 9 nitrogen and oxygen atoms in total. The van der Waals surface area contributed by atoms with Gasteiger partial charge in [0, 0.05) is 50.3 Å². The standard InChI is InChI=1S/C29H33N5O4/c1-19-14-26-24(27-25(29(36)32-26)17-31-34(27)22-6-10-37-11-7-22)15-23(19)28(35)30-16-20-4-2-3-5-21(20)18-33-8-12-38-13-9-33/h2-5,14-15,17,22H,6-13,16,18H2,1H3,(H,30,35)(H,32,36). The monoisotopic (exact) mass is 515 g/mol. The second kappa shape index (κ2) is 10.7. The van der Waals surface area contributed by atoms with Gasteiger partial charge >= 0.3 is 0 Å². The van der Waals surface area contributed by atoms with E-state index in [0.29, 0.717) is 36.2 Å². The largest absolute Gasteiger partial charge is 0.381 e. The molecule has 0 atom stereocenters. The number of aromatic nitrogens is 3. The number of carbonyl (C=O) groups excluding carboxylic acids is 1. The van der Waals surface area contributed by atoms with Crippen molar-refractivity contribution in [2.75, 3.05) is 39.5 Å². The van der Waals surface area contributed by atoms with Gasteiger partial charge in [0.25, 0.3) is 11.5 Å². The van der Waals surface area contributed by atoms with Crippen LogP contribution in [-0.4, -0.2) is 65.1 Å². The number of amides is 1. The highest BCUT2D eigenvalue weighted by molar-refractivity contribution is 6.07. The van der Waals surface area contributed by atoms with Gasteiger partial charge in [-0.1, -0.05) is 24.3 Å². The van der Waals surface area contributed by atoms with Gasteiger partial charge in [0.15, 0.2) is 0 Å². The minimum Gasteiger partial charge on any atom is -0.381 e. The number of aromatic amines is 1. The lowest BCUT2D eigenvalue weighted by molar-refractivity contribution is 0.0340. The maximum Gasteiger partial charge on any atom is 0.259 e. The van der Waals surface area contributed by atoms with E-state index < -0.39 is 0 Å². The molecule has 0 spiro atoms. The van der Waals surface area contributed by atoms with Crippen LogP contribution in [0.1, 0.15) is 45.9 Å². The molecule has 0 aliphatic carbocycles. The summed E-state index contributed by atoms with van der Waals surface area (Å²) in [5.41, 5.74) is 5.04. The van der Waals surface area contributed by atoms with Crippen molar-refractivity contribution in [2.45, 2.75) is 38.9 Å². The van der Waals surface area contributed by atoms with Crippen LogP contribution in [0.2, 0.25) is 0 Å². The molecule has 0 radical (unpaired) electrons. The second-order valence-electron chi connectivity index (χ2n) is 10.2. The summed E-state index contributed by atoms with van der Waals surface area (Å²) in [6.45, 7) is 7.87. The molecular weight excluding hydrogens is 482 g/mol. The number of hydrogen-bond donors (Lipinski definition) is 2. The third kappa shape index (κ3) is 4.84. The van der Waals surface area contributed by atoms with E-state index >= 15 is 0 Å². The summed E-state index contributed by atoms with van der Waals surface area (Å²) < 4.78 is 13.0. The molecule has 0 unspecified atom stereocenters. The first-order chi connectivity index (χ1) is 18.6. The minimum absolute atomic E-state index is 0.137. The third-order valence-corrected chi connectivity index (χ3v) is 7.74. The van der Waals surface area contributed by atoms with E-state index in [0.717, 1.165) is 67.7 Å². The van der Waals surface area contributed by atoms with Gasteiger partial charge in [0.05, 0.1) is 41.9 Å². The van der Waals surface area contributed by atoms with Crippen LogP contribution in [0.3, 0.4) is 0 Å². The van der Waals surface area contributed by atoms with Crippen LogP contribution < -0.4 is 10.9 Å². The molecule has 1 amide bonds. The van der Waals surface area contributed by atoms with E-state index in [2.05, 4.69) is 32.4 Å². The fraction of sp³-hybridized carbons (Fsp3) is 0.414. The first-order valence-electron chi connectivity index (χ1n) is 13.3. The number of aryl methyl sites for hydroxylation is 1. The van der Waals surface area contributed by atoms with Crippen molar-refractivity contribution in [3.05, 3.63) is 75.2 Å². The third-order valence-electron chi connectivity index (χ3n) is 7.74. The lowest BCUT2D eigenvalue weighted by Crippen LogP contribution is -2.36. The molecule has 6 rings (SSSR count). The van der Waals surface area contributed by atoms with Gasteiger partial charge in [-0.3, -0.25) is 19.2 Å². The van der Waals surface area contributed by atoms with E-state index in [1.807, 2.05) is 35.9 Å². The van der Waals surface area contributed by atoms with Crippen molar-refractivity contribution in [3.8, 4) is 0 Å². The predicted octanol–water partition coefficient (Wildman–Crippen LogP) is 3.30. The lowest BCUT2D eigenvalue weighted by atomic mass is 10.0. The molecule has 9 heteroatoms. The van der Waals surface area contributed by atoms with Crippen LogP contribution >= 0.6 is 0 Å². The molecule has 4 heterocycles. The van der Waals surface area contributed by atoms with Crippen LogP contribution in [0.5, 0.6) is 0 Å². The number of hydrogen-bond acceptors (Lipinski definition) is 6. The molecule has 198 valence electrons. The van der Waals surface area contributed by atoms with Crippen LogP contribution in [0.15, 0.2) is 47.4 Å². The number of morpholine rings is 1. The van der Waals surface area contributed by atoms with Gasteiger partial charge in [-0.05, 0) is 48.6 Å². The lowest BCUT2D eigenvalue weighted by Gasteiger charge is -2.27. The summed E-state index contributed by atoms with van der Waals surface area (Å²) in [7, 11) is 0. The Morgan fingerprint density at radius 2 is 1.79 bits per heavy atom. The number of pyridine rings is 1. The molecule has 2 aromatic heterocycles. The molecule has 38 heavy (non-hydrogen) atoms. The first-order valence-corrected chi connectivity index (χ1v) is 13.3. The maximum atomic E-state index is 13.5.